The van der Waals surface area contributed by atoms with Gasteiger partial charge in [0.1, 0.15) is 36.6 Å². The van der Waals surface area contributed by atoms with Crippen LogP contribution in [-0.4, -0.2) is 99.1 Å². The zero-order valence-electron chi connectivity index (χ0n) is 13.5. The second kappa shape index (κ2) is 8.07. The van der Waals surface area contributed by atoms with Crippen LogP contribution in [-0.2, 0) is 9.47 Å². The van der Waals surface area contributed by atoms with Crippen LogP contribution in [0.5, 0.6) is 0 Å². The Bertz CT molecular complexity index is 478. The van der Waals surface area contributed by atoms with Crippen molar-refractivity contribution in [3.8, 4) is 0 Å². The summed E-state index contributed by atoms with van der Waals surface area (Å²) in [6.07, 6.45) is -8.91. The van der Waals surface area contributed by atoms with Gasteiger partial charge in [-0.05, 0) is 6.42 Å². The summed E-state index contributed by atoms with van der Waals surface area (Å²) in [7, 11) is 0. The fourth-order valence-electron chi connectivity index (χ4n) is 3.11. The predicted octanol–water partition coefficient (Wildman–Crippen LogP) is -5.77. The van der Waals surface area contributed by atoms with Crippen LogP contribution < -0.4 is 22.9 Å². The van der Waals surface area contributed by atoms with Crippen LogP contribution in [0, 0.1) is 0 Å². The predicted molar refractivity (Wildman–Crippen MR) is 84.8 cm³/mol. The minimum Gasteiger partial charge on any atom is -0.394 e. The number of aliphatic hydroxyl groups excluding tert-OH is 5. The second-order valence-corrected chi connectivity index (χ2v) is 6.39. The molecule has 1 aliphatic carbocycles. The van der Waals surface area contributed by atoms with Crippen LogP contribution in [0.4, 0.5) is 0 Å². The molecule has 0 radical (unpaired) electrons. The number of guanidine groups is 1. The molecule has 1 heterocycles. The molecule has 25 heavy (non-hydrogen) atoms. The van der Waals surface area contributed by atoms with Gasteiger partial charge in [0.05, 0.1) is 18.7 Å². The lowest BCUT2D eigenvalue weighted by molar-refractivity contribution is -0.293. The first kappa shape index (κ1) is 20.2. The van der Waals surface area contributed by atoms with Gasteiger partial charge in [0.2, 0.25) is 0 Å². The van der Waals surface area contributed by atoms with Gasteiger partial charge in [0, 0.05) is 6.04 Å². The fourth-order valence-corrected chi connectivity index (χ4v) is 3.11. The molecule has 0 amide bonds. The smallest absolute Gasteiger partial charge is 0.186 e. The highest BCUT2D eigenvalue weighted by Gasteiger charge is 2.48. The lowest BCUT2D eigenvalue weighted by Gasteiger charge is -2.45. The van der Waals surface area contributed by atoms with Crippen molar-refractivity contribution in [3.63, 3.8) is 0 Å². The molecule has 12 nitrogen and oxygen atoms in total. The Morgan fingerprint density at radius 3 is 2.24 bits per heavy atom. The highest BCUT2D eigenvalue weighted by atomic mass is 16.7. The Morgan fingerprint density at radius 1 is 1.04 bits per heavy atom. The molecule has 0 aromatic heterocycles. The normalized spacial score (nSPS) is 48.1. The highest BCUT2D eigenvalue weighted by Crippen LogP contribution is 2.28. The molecular weight excluding hydrogens is 338 g/mol. The summed E-state index contributed by atoms with van der Waals surface area (Å²) in [5.74, 6) is -0.247. The molecule has 10 atom stereocenters. The first-order valence-corrected chi connectivity index (χ1v) is 7.91. The maximum atomic E-state index is 10.3. The molecule has 2 aliphatic rings. The molecule has 1 saturated carbocycles. The van der Waals surface area contributed by atoms with Crippen molar-refractivity contribution in [3.05, 3.63) is 0 Å². The van der Waals surface area contributed by atoms with Gasteiger partial charge in [0.15, 0.2) is 12.2 Å². The molecule has 2 fully saturated rings. The van der Waals surface area contributed by atoms with Gasteiger partial charge in [-0.2, -0.15) is 0 Å². The van der Waals surface area contributed by atoms with E-state index in [2.05, 4.69) is 4.99 Å². The van der Waals surface area contributed by atoms with Gasteiger partial charge in [-0.25, -0.2) is 4.99 Å². The molecule has 0 bridgehead atoms. The number of rotatable bonds is 4. The molecule has 13 N–H and O–H groups in total. The second-order valence-electron chi connectivity index (χ2n) is 6.39. The minimum atomic E-state index is -1.44. The van der Waals surface area contributed by atoms with Crippen molar-refractivity contribution in [2.24, 2.45) is 27.9 Å². The van der Waals surface area contributed by atoms with Gasteiger partial charge in [-0.15, -0.1) is 0 Å². The van der Waals surface area contributed by atoms with E-state index in [0.717, 1.165) is 0 Å². The van der Waals surface area contributed by atoms with E-state index in [9.17, 15) is 25.5 Å². The molecule has 0 spiro atoms. The summed E-state index contributed by atoms with van der Waals surface area (Å²) in [6, 6.07) is -2.71. The van der Waals surface area contributed by atoms with E-state index in [-0.39, 0.29) is 12.4 Å². The van der Waals surface area contributed by atoms with Gasteiger partial charge in [-0.3, -0.25) is 0 Å². The van der Waals surface area contributed by atoms with E-state index in [1.165, 1.54) is 0 Å². The molecule has 12 heteroatoms. The SMILES string of the molecule is NC(N)=NC1CC(N)[C@@H](OC2OC(CO)[C@@H](O)[C@@H](O)[C@@H]2N)[C@H](O)[C@@H]1O. The zero-order valence-corrected chi connectivity index (χ0v) is 13.5. The third kappa shape index (κ3) is 4.19. The summed E-state index contributed by atoms with van der Waals surface area (Å²) in [6.45, 7) is -0.570. The number of nitrogens with two attached hydrogens (primary N) is 4. The molecule has 0 aromatic rings. The van der Waals surface area contributed by atoms with Crippen molar-refractivity contribution in [2.45, 2.75) is 67.5 Å². The number of ether oxygens (including phenoxy) is 2. The molecule has 146 valence electrons. The monoisotopic (exact) mass is 365 g/mol. The highest BCUT2D eigenvalue weighted by molar-refractivity contribution is 5.75. The molecule has 2 rings (SSSR count). The molecule has 1 aliphatic heterocycles. The van der Waals surface area contributed by atoms with Gasteiger partial charge >= 0.3 is 0 Å². The van der Waals surface area contributed by atoms with Crippen LogP contribution in [0.1, 0.15) is 6.42 Å². The van der Waals surface area contributed by atoms with Gasteiger partial charge in [0.25, 0.3) is 0 Å². The quantitative estimate of drug-likeness (QED) is 0.168. The van der Waals surface area contributed by atoms with E-state index in [1.54, 1.807) is 0 Å². The van der Waals surface area contributed by atoms with Gasteiger partial charge < -0.3 is 57.9 Å². The summed E-state index contributed by atoms with van der Waals surface area (Å²) in [5.41, 5.74) is 22.3. The van der Waals surface area contributed by atoms with Crippen molar-refractivity contribution in [2.75, 3.05) is 6.61 Å². The van der Waals surface area contributed by atoms with Crippen LogP contribution in [0.2, 0.25) is 0 Å². The number of hydrogen-bond acceptors (Lipinski definition) is 10. The average Bonchev–Trinajstić information content (AvgIpc) is 2.55. The first-order valence-electron chi connectivity index (χ1n) is 7.91. The average molecular weight is 365 g/mol. The third-order valence-corrected chi connectivity index (χ3v) is 4.55. The number of aliphatic hydroxyl groups is 5. The van der Waals surface area contributed by atoms with Crippen molar-refractivity contribution in [1.82, 2.24) is 0 Å². The third-order valence-electron chi connectivity index (χ3n) is 4.55. The van der Waals surface area contributed by atoms with Gasteiger partial charge in [-0.1, -0.05) is 0 Å². The van der Waals surface area contributed by atoms with Crippen LogP contribution >= 0.6 is 0 Å². The number of aliphatic imine (C=N–C) groups is 1. The summed E-state index contributed by atoms with van der Waals surface area (Å²) < 4.78 is 10.9. The summed E-state index contributed by atoms with van der Waals surface area (Å²) >= 11 is 0. The van der Waals surface area contributed by atoms with E-state index < -0.39 is 67.6 Å². The standard InChI is InChI=1S/C13H27N5O7/c14-3-1-4(18-13(16)17)7(20)10(23)11(3)25-12-6(15)9(22)8(21)5(2-19)24-12/h3-12,19-23H,1-2,14-15H2,(H4,16,17,18)/t3?,4?,5?,6-,7+,8+,9-,10+,11+,12?/m0/s1. The zero-order chi connectivity index (χ0) is 18.9. The molecule has 0 aromatic carbocycles. The largest absolute Gasteiger partial charge is 0.394 e. The lowest BCUT2D eigenvalue weighted by atomic mass is 9.84. The topological polar surface area (TPSA) is 236 Å². The van der Waals surface area contributed by atoms with E-state index in [1.807, 2.05) is 0 Å². The maximum absolute atomic E-state index is 10.3. The van der Waals surface area contributed by atoms with E-state index in [4.69, 9.17) is 32.4 Å². The van der Waals surface area contributed by atoms with Crippen molar-refractivity contribution >= 4 is 5.96 Å². The molecule has 4 unspecified atom stereocenters. The van der Waals surface area contributed by atoms with Crippen LogP contribution in [0.25, 0.3) is 0 Å². The molecule has 1 saturated heterocycles. The Kier molecular flexibility index (Phi) is 6.53. The Morgan fingerprint density at radius 2 is 1.68 bits per heavy atom. The maximum Gasteiger partial charge on any atom is 0.186 e. The van der Waals surface area contributed by atoms with Crippen LogP contribution in [0.3, 0.4) is 0 Å². The van der Waals surface area contributed by atoms with E-state index in [0.29, 0.717) is 0 Å². The summed E-state index contributed by atoms with van der Waals surface area (Å²) in [4.78, 5) is 3.83. The Labute approximate surface area is 144 Å². The van der Waals surface area contributed by atoms with Crippen molar-refractivity contribution < 1.29 is 35.0 Å². The van der Waals surface area contributed by atoms with E-state index >= 15 is 0 Å². The fraction of sp³-hybridized carbons (Fsp3) is 0.923. The Hall–Kier alpha value is -1.09. The first-order chi connectivity index (χ1) is 11.7. The van der Waals surface area contributed by atoms with Crippen LogP contribution in [0.15, 0.2) is 4.99 Å². The number of hydrogen-bond donors (Lipinski definition) is 9. The number of nitrogens with zero attached hydrogens (tertiary/aromatic N) is 1. The lowest BCUT2D eigenvalue weighted by Crippen LogP contribution is -2.66. The molecular formula is C13H27N5O7. The summed E-state index contributed by atoms with van der Waals surface area (Å²) in [5, 5.41) is 49.4. The Balaban J connectivity index is 2.10. The minimum absolute atomic E-state index is 0.122. The van der Waals surface area contributed by atoms with Crippen molar-refractivity contribution in [1.29, 1.82) is 0 Å².